The van der Waals surface area contributed by atoms with Crippen molar-refractivity contribution >= 4 is 11.6 Å². The van der Waals surface area contributed by atoms with Crippen LogP contribution >= 0.6 is 0 Å². The Morgan fingerprint density at radius 2 is 2.08 bits per heavy atom. The average Bonchev–Trinajstić information content (AvgIpc) is 2.89. The molecule has 134 valence electrons. The van der Waals surface area contributed by atoms with E-state index in [1.165, 1.54) is 0 Å². The number of carbonyl (C=O) groups excluding carboxylic acids is 1. The molecule has 2 aliphatic carbocycles. The number of aromatic amines is 1. The van der Waals surface area contributed by atoms with E-state index in [2.05, 4.69) is 15.5 Å². The van der Waals surface area contributed by atoms with E-state index in [4.69, 9.17) is 4.74 Å². The van der Waals surface area contributed by atoms with E-state index in [0.717, 1.165) is 36.9 Å². The van der Waals surface area contributed by atoms with Crippen LogP contribution in [0.1, 0.15) is 58.1 Å². The maximum Gasteiger partial charge on any atom is 0.407 e. The zero-order chi connectivity index (χ0) is 17.8. The summed E-state index contributed by atoms with van der Waals surface area (Å²) < 4.78 is 6.92. The Morgan fingerprint density at radius 3 is 2.76 bits per heavy atom. The summed E-state index contributed by atoms with van der Waals surface area (Å²) in [5, 5.41) is 9.82. The molecule has 0 atom stereocenters. The van der Waals surface area contributed by atoms with Crippen molar-refractivity contribution in [2.75, 3.05) is 0 Å². The molecule has 7 nitrogen and oxygen atoms in total. The van der Waals surface area contributed by atoms with Gasteiger partial charge >= 0.3 is 11.8 Å². The third kappa shape index (κ3) is 2.92. The van der Waals surface area contributed by atoms with E-state index < -0.39 is 5.60 Å². The van der Waals surface area contributed by atoms with E-state index in [0.29, 0.717) is 11.3 Å². The van der Waals surface area contributed by atoms with Gasteiger partial charge in [-0.15, -0.1) is 0 Å². The smallest absolute Gasteiger partial charge is 0.407 e. The molecule has 2 aromatic rings. The molecule has 0 aliphatic heterocycles. The molecule has 1 amide bonds. The molecule has 2 N–H and O–H groups in total. The topological polar surface area (TPSA) is 88.5 Å². The molecule has 1 spiro atoms. The van der Waals surface area contributed by atoms with Gasteiger partial charge in [0.15, 0.2) is 0 Å². The number of alkyl carbamates (subject to hydrolysis) is 1. The fourth-order valence-electron chi connectivity index (χ4n) is 4.36. The lowest BCUT2D eigenvalue weighted by molar-refractivity contribution is -0.0262. The SMILES string of the molecule is CC(C)(C)OC(=O)NC1CC2(C1)CC(c1n[nH]c(=O)n3cccc13)C2. The number of hydrogen-bond acceptors (Lipinski definition) is 4. The number of rotatable bonds is 2. The highest BCUT2D eigenvalue weighted by molar-refractivity contribution is 5.68. The molecular formula is C18H24N4O3. The number of H-pyrrole nitrogens is 1. The summed E-state index contributed by atoms with van der Waals surface area (Å²) in [7, 11) is 0. The standard InChI is InChI=1S/C18H24N4O3/c1-17(2,3)25-16(24)19-12-9-18(10-12)7-11(8-18)14-13-5-4-6-22(13)15(23)21-20-14/h4-6,11-12H,7-10H2,1-3H3,(H,19,24)(H,21,23). The quantitative estimate of drug-likeness (QED) is 0.876. The van der Waals surface area contributed by atoms with Crippen molar-refractivity contribution in [3.05, 3.63) is 34.5 Å². The lowest BCUT2D eigenvalue weighted by Crippen LogP contribution is -2.56. The van der Waals surface area contributed by atoms with Gasteiger partial charge in [-0.05, 0) is 64.0 Å². The second-order valence-electron chi connectivity index (χ2n) is 8.53. The summed E-state index contributed by atoms with van der Waals surface area (Å²) in [6.07, 6.45) is 5.52. The van der Waals surface area contributed by atoms with Crippen molar-refractivity contribution in [1.29, 1.82) is 0 Å². The van der Waals surface area contributed by atoms with Gasteiger partial charge in [0.2, 0.25) is 0 Å². The normalized spacial score (nSPS) is 28.4. The lowest BCUT2D eigenvalue weighted by atomic mass is 9.49. The van der Waals surface area contributed by atoms with Crippen LogP contribution in [-0.4, -0.2) is 32.3 Å². The third-order valence-corrected chi connectivity index (χ3v) is 5.33. The Balaban J connectivity index is 1.34. The van der Waals surface area contributed by atoms with Crippen LogP contribution in [0.2, 0.25) is 0 Å². The van der Waals surface area contributed by atoms with Gasteiger partial charge in [-0.1, -0.05) is 0 Å². The Labute approximate surface area is 145 Å². The summed E-state index contributed by atoms with van der Waals surface area (Å²) in [4.78, 5) is 23.6. The molecule has 7 heteroatoms. The fourth-order valence-corrected chi connectivity index (χ4v) is 4.36. The van der Waals surface area contributed by atoms with Gasteiger partial charge in [0, 0.05) is 18.2 Å². The number of amides is 1. The van der Waals surface area contributed by atoms with Gasteiger partial charge in [-0.3, -0.25) is 4.40 Å². The summed E-state index contributed by atoms with van der Waals surface area (Å²) in [6.45, 7) is 5.60. The minimum atomic E-state index is -0.467. The van der Waals surface area contributed by atoms with Gasteiger partial charge in [-0.25, -0.2) is 14.7 Å². The van der Waals surface area contributed by atoms with Gasteiger partial charge < -0.3 is 10.1 Å². The largest absolute Gasteiger partial charge is 0.444 e. The Bertz CT molecular complexity index is 862. The van der Waals surface area contributed by atoms with E-state index in [1.807, 2.05) is 32.9 Å². The number of hydrogen-bond donors (Lipinski definition) is 2. The molecule has 0 aromatic carbocycles. The number of nitrogens with one attached hydrogen (secondary N) is 2. The van der Waals surface area contributed by atoms with E-state index in [1.54, 1.807) is 10.6 Å². The van der Waals surface area contributed by atoms with Crippen LogP contribution < -0.4 is 11.0 Å². The first-order valence-corrected chi connectivity index (χ1v) is 8.80. The van der Waals surface area contributed by atoms with Crippen LogP contribution in [0.3, 0.4) is 0 Å². The molecule has 2 aliphatic rings. The molecule has 2 aromatic heterocycles. The van der Waals surface area contributed by atoms with Gasteiger partial charge in [0.05, 0.1) is 11.2 Å². The molecule has 2 saturated carbocycles. The number of carbonyl (C=O) groups is 1. The maximum atomic E-state index is 11.8. The minimum Gasteiger partial charge on any atom is -0.444 e. The Kier molecular flexibility index (Phi) is 3.46. The molecule has 25 heavy (non-hydrogen) atoms. The van der Waals surface area contributed by atoms with Gasteiger partial charge in [0.1, 0.15) is 5.60 Å². The summed E-state index contributed by atoms with van der Waals surface area (Å²) in [6, 6.07) is 4.01. The Hall–Kier alpha value is -2.31. The molecule has 0 bridgehead atoms. The summed E-state index contributed by atoms with van der Waals surface area (Å²) in [5.41, 5.74) is 1.50. The summed E-state index contributed by atoms with van der Waals surface area (Å²) >= 11 is 0. The van der Waals surface area contributed by atoms with Crippen LogP contribution in [0.25, 0.3) is 5.52 Å². The molecule has 0 unspecified atom stereocenters. The van der Waals surface area contributed by atoms with Gasteiger partial charge in [0.25, 0.3) is 0 Å². The van der Waals surface area contributed by atoms with Crippen LogP contribution in [0, 0.1) is 5.41 Å². The second kappa shape index (κ2) is 5.34. The predicted octanol–water partition coefficient (Wildman–Crippen LogP) is 2.57. The molecule has 0 radical (unpaired) electrons. The summed E-state index contributed by atoms with van der Waals surface area (Å²) in [5.74, 6) is 0.372. The molecule has 2 heterocycles. The van der Waals surface area contributed by atoms with E-state index >= 15 is 0 Å². The zero-order valence-corrected chi connectivity index (χ0v) is 14.8. The zero-order valence-electron chi connectivity index (χ0n) is 14.8. The first-order valence-electron chi connectivity index (χ1n) is 8.80. The second-order valence-corrected chi connectivity index (χ2v) is 8.53. The van der Waals surface area contributed by atoms with Crippen molar-refractivity contribution < 1.29 is 9.53 Å². The molecular weight excluding hydrogens is 320 g/mol. The van der Waals surface area contributed by atoms with Crippen LogP contribution in [0.15, 0.2) is 23.1 Å². The van der Waals surface area contributed by atoms with Crippen molar-refractivity contribution in [3.63, 3.8) is 0 Å². The molecule has 4 rings (SSSR count). The number of nitrogens with zero attached hydrogens (tertiary/aromatic N) is 2. The van der Waals surface area contributed by atoms with Crippen molar-refractivity contribution in [3.8, 4) is 0 Å². The third-order valence-electron chi connectivity index (χ3n) is 5.33. The number of aromatic nitrogens is 3. The lowest BCUT2D eigenvalue weighted by Gasteiger charge is -2.57. The Morgan fingerprint density at radius 1 is 1.36 bits per heavy atom. The van der Waals surface area contributed by atoms with Crippen molar-refractivity contribution in [2.45, 2.75) is 64.0 Å². The monoisotopic (exact) mass is 344 g/mol. The number of fused-ring (bicyclic) bond motifs is 1. The average molecular weight is 344 g/mol. The maximum absolute atomic E-state index is 11.8. The fraction of sp³-hybridized carbons (Fsp3) is 0.611. The van der Waals surface area contributed by atoms with Crippen LogP contribution in [0.5, 0.6) is 0 Å². The van der Waals surface area contributed by atoms with Crippen molar-refractivity contribution in [1.82, 2.24) is 19.9 Å². The van der Waals surface area contributed by atoms with Crippen LogP contribution in [0.4, 0.5) is 4.79 Å². The predicted molar refractivity (Wildman–Crippen MR) is 92.6 cm³/mol. The number of ether oxygens (including phenoxy) is 1. The van der Waals surface area contributed by atoms with E-state index in [9.17, 15) is 9.59 Å². The highest BCUT2D eigenvalue weighted by Gasteiger charge is 2.54. The van der Waals surface area contributed by atoms with E-state index in [-0.39, 0.29) is 17.8 Å². The minimum absolute atomic E-state index is 0.202. The van der Waals surface area contributed by atoms with Gasteiger partial charge in [-0.2, -0.15) is 5.10 Å². The highest BCUT2D eigenvalue weighted by Crippen LogP contribution is 2.61. The first-order chi connectivity index (χ1) is 11.7. The molecule has 0 saturated heterocycles. The van der Waals surface area contributed by atoms with Crippen LogP contribution in [-0.2, 0) is 4.74 Å². The highest BCUT2D eigenvalue weighted by atomic mass is 16.6. The van der Waals surface area contributed by atoms with Crippen molar-refractivity contribution in [2.24, 2.45) is 5.41 Å². The first kappa shape index (κ1) is 16.2. The molecule has 2 fully saturated rings.